The zero-order valence-electron chi connectivity index (χ0n) is 15.9. The maximum atomic E-state index is 12.7. The van der Waals surface area contributed by atoms with E-state index in [0.29, 0.717) is 30.9 Å². The second-order valence-electron chi connectivity index (χ2n) is 6.90. The monoisotopic (exact) mass is 397 g/mol. The molecule has 0 spiro atoms. The summed E-state index contributed by atoms with van der Waals surface area (Å²) in [5, 5.41) is 5.56. The van der Waals surface area contributed by atoms with E-state index >= 15 is 0 Å². The molecule has 3 amide bonds. The van der Waals surface area contributed by atoms with Gasteiger partial charge in [-0.15, -0.1) is 0 Å². The minimum atomic E-state index is -3.11. The first kappa shape index (κ1) is 21.2. The van der Waals surface area contributed by atoms with Crippen LogP contribution in [0, 0.1) is 5.92 Å². The highest BCUT2D eigenvalue weighted by Gasteiger charge is 2.34. The number of anilines is 2. The van der Waals surface area contributed by atoms with E-state index in [0.717, 1.165) is 0 Å². The first-order valence-electron chi connectivity index (χ1n) is 8.90. The number of urea groups is 1. The molecule has 8 nitrogen and oxygen atoms in total. The Morgan fingerprint density at radius 3 is 2.48 bits per heavy atom. The molecular weight excluding hydrogens is 370 g/mol. The van der Waals surface area contributed by atoms with Gasteiger partial charge in [-0.3, -0.25) is 4.79 Å². The van der Waals surface area contributed by atoms with Crippen molar-refractivity contribution in [2.45, 2.75) is 26.3 Å². The van der Waals surface area contributed by atoms with Crippen LogP contribution in [0.25, 0.3) is 0 Å². The molecule has 1 aliphatic rings. The van der Waals surface area contributed by atoms with Gasteiger partial charge in [0.15, 0.2) is 9.84 Å². The number of nitrogens with zero attached hydrogens (tertiary/aromatic N) is 1. The van der Waals surface area contributed by atoms with E-state index in [9.17, 15) is 18.0 Å². The molecule has 0 bridgehead atoms. The lowest BCUT2D eigenvalue weighted by molar-refractivity contribution is -0.118. The molecule has 0 unspecified atom stereocenters. The molecule has 0 aliphatic carbocycles. The predicted molar refractivity (Wildman–Crippen MR) is 105 cm³/mol. The van der Waals surface area contributed by atoms with Crippen LogP contribution in [0.4, 0.5) is 16.2 Å². The summed E-state index contributed by atoms with van der Waals surface area (Å²) >= 11 is 0. The van der Waals surface area contributed by atoms with Gasteiger partial charge in [0, 0.05) is 37.0 Å². The van der Waals surface area contributed by atoms with Crippen LogP contribution in [0.3, 0.4) is 0 Å². The fourth-order valence-electron chi connectivity index (χ4n) is 2.82. The summed E-state index contributed by atoms with van der Waals surface area (Å²) in [5.74, 6) is -0.215. The van der Waals surface area contributed by atoms with Crippen molar-refractivity contribution in [2.75, 3.05) is 42.4 Å². The Labute approximate surface area is 160 Å². The lowest BCUT2D eigenvalue weighted by atomic mass is 10.2. The normalized spacial score (nSPS) is 18.3. The summed E-state index contributed by atoms with van der Waals surface area (Å²) < 4.78 is 28.6. The molecule has 27 heavy (non-hydrogen) atoms. The highest BCUT2D eigenvalue weighted by molar-refractivity contribution is 7.91. The summed E-state index contributed by atoms with van der Waals surface area (Å²) in [7, 11) is -1.58. The van der Waals surface area contributed by atoms with E-state index < -0.39 is 9.84 Å². The quantitative estimate of drug-likeness (QED) is 0.732. The molecule has 1 heterocycles. The maximum Gasteiger partial charge on any atom is 0.322 e. The second kappa shape index (κ2) is 9.18. The summed E-state index contributed by atoms with van der Waals surface area (Å²) in [4.78, 5) is 26.1. The lowest BCUT2D eigenvalue weighted by Crippen LogP contribution is -2.45. The zero-order chi connectivity index (χ0) is 20.0. The molecule has 1 fully saturated rings. The zero-order valence-corrected chi connectivity index (χ0v) is 16.7. The standard InChI is InChI=1S/C18H27N3O5S/c1-13(2)17(22)19-14-5-4-6-15(11-14)20-18(23)21(8-9-26-3)16-7-10-27(24,25)12-16/h4-6,11,13,16H,7-10,12H2,1-3H3,(H,19,22)(H,20,23)/t16-/m1/s1. The van der Waals surface area contributed by atoms with E-state index in [1.54, 1.807) is 38.1 Å². The Morgan fingerprint density at radius 2 is 1.93 bits per heavy atom. The number of amides is 3. The first-order valence-corrected chi connectivity index (χ1v) is 10.7. The number of benzene rings is 1. The predicted octanol–water partition coefficient (Wildman–Crippen LogP) is 1.95. The van der Waals surface area contributed by atoms with Crippen molar-refractivity contribution < 1.29 is 22.7 Å². The first-order chi connectivity index (χ1) is 12.7. The van der Waals surface area contributed by atoms with Crippen molar-refractivity contribution in [3.05, 3.63) is 24.3 Å². The smallest absolute Gasteiger partial charge is 0.322 e. The molecule has 0 radical (unpaired) electrons. The van der Waals surface area contributed by atoms with Crippen LogP contribution in [-0.2, 0) is 19.4 Å². The number of nitrogens with one attached hydrogen (secondary N) is 2. The second-order valence-corrected chi connectivity index (χ2v) is 9.13. The third kappa shape index (κ3) is 6.21. The molecule has 1 aromatic rings. The van der Waals surface area contributed by atoms with Gasteiger partial charge in [-0.05, 0) is 24.6 Å². The molecule has 1 aromatic carbocycles. The van der Waals surface area contributed by atoms with Gasteiger partial charge in [0.2, 0.25) is 5.91 Å². The number of sulfone groups is 1. The van der Waals surface area contributed by atoms with Crippen LogP contribution < -0.4 is 10.6 Å². The van der Waals surface area contributed by atoms with Crippen LogP contribution in [0.1, 0.15) is 20.3 Å². The third-order valence-electron chi connectivity index (χ3n) is 4.35. The van der Waals surface area contributed by atoms with Gasteiger partial charge < -0.3 is 20.3 Å². The highest BCUT2D eigenvalue weighted by Crippen LogP contribution is 2.20. The molecule has 1 saturated heterocycles. The van der Waals surface area contributed by atoms with Crippen LogP contribution >= 0.6 is 0 Å². The largest absolute Gasteiger partial charge is 0.383 e. The van der Waals surface area contributed by atoms with E-state index in [2.05, 4.69) is 10.6 Å². The van der Waals surface area contributed by atoms with Crippen molar-refractivity contribution in [3.63, 3.8) is 0 Å². The van der Waals surface area contributed by atoms with Gasteiger partial charge in [0.25, 0.3) is 0 Å². The minimum Gasteiger partial charge on any atom is -0.383 e. The molecule has 0 aromatic heterocycles. The average Bonchev–Trinajstić information content (AvgIpc) is 2.95. The van der Waals surface area contributed by atoms with E-state index in [4.69, 9.17) is 4.74 Å². The van der Waals surface area contributed by atoms with Crippen LogP contribution in [0.15, 0.2) is 24.3 Å². The Bertz CT molecular complexity index is 779. The number of hydrogen-bond acceptors (Lipinski definition) is 5. The third-order valence-corrected chi connectivity index (χ3v) is 6.10. The van der Waals surface area contributed by atoms with E-state index in [-0.39, 0.29) is 35.4 Å². The fraction of sp³-hybridized carbons (Fsp3) is 0.556. The molecule has 0 saturated carbocycles. The number of carbonyl (C=O) groups excluding carboxylic acids is 2. The number of methoxy groups -OCH3 is 1. The van der Waals surface area contributed by atoms with E-state index in [1.165, 1.54) is 12.0 Å². The summed E-state index contributed by atoms with van der Waals surface area (Å²) in [6, 6.07) is 6.09. The minimum absolute atomic E-state index is 0.0331. The van der Waals surface area contributed by atoms with Crippen LogP contribution in [0.2, 0.25) is 0 Å². The van der Waals surface area contributed by atoms with Gasteiger partial charge in [0.1, 0.15) is 0 Å². The Balaban J connectivity index is 2.09. The van der Waals surface area contributed by atoms with Gasteiger partial charge in [-0.25, -0.2) is 13.2 Å². The molecule has 2 N–H and O–H groups in total. The average molecular weight is 397 g/mol. The molecule has 150 valence electrons. The van der Waals surface area contributed by atoms with Crippen molar-refractivity contribution in [3.8, 4) is 0 Å². The summed E-state index contributed by atoms with van der Waals surface area (Å²) in [6.45, 7) is 4.20. The Kier molecular flexibility index (Phi) is 7.20. The molecule has 2 rings (SSSR count). The molecular formula is C18H27N3O5S. The van der Waals surface area contributed by atoms with E-state index in [1.807, 2.05) is 0 Å². The molecule has 1 aliphatic heterocycles. The number of carbonyl (C=O) groups is 2. The highest BCUT2D eigenvalue weighted by atomic mass is 32.2. The summed E-state index contributed by atoms with van der Waals surface area (Å²) in [6.07, 6.45) is 0.421. The van der Waals surface area contributed by atoms with Crippen molar-refractivity contribution in [2.24, 2.45) is 5.92 Å². The van der Waals surface area contributed by atoms with Gasteiger partial charge in [0.05, 0.1) is 18.1 Å². The summed E-state index contributed by atoms with van der Waals surface area (Å²) in [5.41, 5.74) is 1.10. The number of hydrogen-bond donors (Lipinski definition) is 2. The Hall–Kier alpha value is -2.13. The van der Waals surface area contributed by atoms with Gasteiger partial charge >= 0.3 is 6.03 Å². The number of ether oxygens (including phenoxy) is 1. The van der Waals surface area contributed by atoms with Crippen molar-refractivity contribution in [1.29, 1.82) is 0 Å². The topological polar surface area (TPSA) is 105 Å². The van der Waals surface area contributed by atoms with Crippen molar-refractivity contribution >= 4 is 33.2 Å². The maximum absolute atomic E-state index is 12.7. The SMILES string of the molecule is COCCN(C(=O)Nc1cccc(NC(=O)C(C)C)c1)[C@@H]1CCS(=O)(=O)C1. The lowest BCUT2D eigenvalue weighted by Gasteiger charge is -2.28. The molecule has 9 heteroatoms. The van der Waals surface area contributed by atoms with Crippen LogP contribution in [0.5, 0.6) is 0 Å². The Morgan fingerprint density at radius 1 is 1.26 bits per heavy atom. The van der Waals surface area contributed by atoms with Crippen molar-refractivity contribution in [1.82, 2.24) is 4.90 Å². The van der Waals surface area contributed by atoms with Gasteiger partial charge in [-0.2, -0.15) is 0 Å². The number of rotatable bonds is 7. The van der Waals surface area contributed by atoms with Gasteiger partial charge in [-0.1, -0.05) is 19.9 Å². The fourth-order valence-corrected chi connectivity index (χ4v) is 4.55. The van der Waals surface area contributed by atoms with Crippen LogP contribution in [-0.4, -0.2) is 63.1 Å². The molecule has 1 atom stereocenters.